The smallest absolute Gasteiger partial charge is 0.227 e. The Morgan fingerprint density at radius 3 is 2.52 bits per heavy atom. The molecule has 1 N–H and O–H groups in total. The Balaban J connectivity index is 1.51. The highest BCUT2D eigenvalue weighted by Crippen LogP contribution is 2.27. The summed E-state index contributed by atoms with van der Waals surface area (Å²) in [5.74, 6) is 0.240. The second-order valence-electron chi connectivity index (χ2n) is 6.37. The molecule has 0 aliphatic carbocycles. The van der Waals surface area contributed by atoms with Crippen LogP contribution in [0.4, 0.5) is 5.69 Å². The number of anilines is 1. The predicted octanol–water partition coefficient (Wildman–Crippen LogP) is 4.91. The maximum Gasteiger partial charge on any atom is 0.227 e. The zero-order valence-electron chi connectivity index (χ0n) is 14.4. The Hall–Kier alpha value is -1.49. The first-order valence-electron chi connectivity index (χ1n) is 8.56. The number of benzene rings is 2. The lowest BCUT2D eigenvalue weighted by Crippen LogP contribution is -2.37. The van der Waals surface area contributed by atoms with Gasteiger partial charge in [-0.05, 0) is 62.0 Å². The van der Waals surface area contributed by atoms with E-state index in [1.165, 1.54) is 5.56 Å². The lowest BCUT2D eigenvalue weighted by Gasteiger charge is -2.31. The van der Waals surface area contributed by atoms with Gasteiger partial charge in [0.2, 0.25) is 5.91 Å². The third-order valence-corrected chi connectivity index (χ3v) is 5.69. The number of nitrogens with one attached hydrogen (secondary N) is 1. The molecule has 5 heteroatoms. The Bertz CT molecular complexity index is 712. The van der Waals surface area contributed by atoms with Crippen LogP contribution in [0, 0.1) is 5.92 Å². The molecule has 0 radical (unpaired) electrons. The van der Waals surface area contributed by atoms with E-state index < -0.39 is 0 Å². The monoisotopic (exact) mass is 374 g/mol. The van der Waals surface area contributed by atoms with Crippen molar-refractivity contribution in [1.29, 1.82) is 0 Å². The molecule has 1 aliphatic heterocycles. The highest BCUT2D eigenvalue weighted by atomic mass is 35.5. The van der Waals surface area contributed by atoms with Gasteiger partial charge in [0.25, 0.3) is 0 Å². The second kappa shape index (κ2) is 8.75. The molecule has 0 bridgehead atoms. The number of carbonyl (C=O) groups excluding carboxylic acids is 1. The molecule has 1 amide bonds. The van der Waals surface area contributed by atoms with Crippen molar-refractivity contribution in [3.05, 3.63) is 59.1 Å². The minimum atomic E-state index is 0.0939. The van der Waals surface area contributed by atoms with Crippen LogP contribution in [0.25, 0.3) is 0 Å². The summed E-state index contributed by atoms with van der Waals surface area (Å²) in [6, 6.07) is 16.0. The van der Waals surface area contributed by atoms with Gasteiger partial charge in [0.1, 0.15) is 0 Å². The first-order valence-corrected chi connectivity index (χ1v) is 10.2. The zero-order chi connectivity index (χ0) is 17.6. The standard InChI is InChI=1S/C20H23ClN2OS/c1-25-19-5-3-2-4-18(19)22-20(24)16-10-12-23(13-11-16)14-15-6-8-17(21)9-7-15/h2-9,16H,10-14H2,1H3,(H,22,24). The van der Waals surface area contributed by atoms with Crippen molar-refractivity contribution in [2.75, 3.05) is 24.7 Å². The summed E-state index contributed by atoms with van der Waals surface area (Å²) in [4.78, 5) is 16.1. The Morgan fingerprint density at radius 1 is 1.16 bits per heavy atom. The molecule has 25 heavy (non-hydrogen) atoms. The van der Waals surface area contributed by atoms with E-state index in [0.717, 1.165) is 48.1 Å². The van der Waals surface area contributed by atoms with Crippen LogP contribution in [0.3, 0.4) is 0 Å². The molecule has 0 unspecified atom stereocenters. The van der Waals surface area contributed by atoms with E-state index in [-0.39, 0.29) is 11.8 Å². The predicted molar refractivity (Wildman–Crippen MR) is 106 cm³/mol. The SMILES string of the molecule is CSc1ccccc1NC(=O)C1CCN(Cc2ccc(Cl)cc2)CC1. The lowest BCUT2D eigenvalue weighted by molar-refractivity contribution is -0.121. The summed E-state index contributed by atoms with van der Waals surface area (Å²) in [5.41, 5.74) is 2.18. The van der Waals surface area contributed by atoms with Crippen LogP contribution in [0.2, 0.25) is 5.02 Å². The number of carbonyl (C=O) groups is 1. The molecule has 2 aromatic carbocycles. The first kappa shape index (κ1) is 18.3. The number of para-hydroxylation sites is 1. The molecular weight excluding hydrogens is 352 g/mol. The van der Waals surface area contributed by atoms with E-state index >= 15 is 0 Å². The number of piperidine rings is 1. The molecule has 1 heterocycles. The van der Waals surface area contributed by atoms with E-state index in [9.17, 15) is 4.79 Å². The Kier molecular flexibility index (Phi) is 6.40. The van der Waals surface area contributed by atoms with Crippen LogP contribution in [0.1, 0.15) is 18.4 Å². The van der Waals surface area contributed by atoms with Crippen molar-refractivity contribution < 1.29 is 4.79 Å². The van der Waals surface area contributed by atoms with E-state index in [1.807, 2.05) is 42.7 Å². The summed E-state index contributed by atoms with van der Waals surface area (Å²) in [5, 5.41) is 3.88. The molecule has 1 saturated heterocycles. The van der Waals surface area contributed by atoms with Gasteiger partial charge in [0, 0.05) is 22.4 Å². The van der Waals surface area contributed by atoms with Gasteiger partial charge in [-0.3, -0.25) is 9.69 Å². The average Bonchev–Trinajstić information content (AvgIpc) is 2.64. The van der Waals surface area contributed by atoms with Crippen LogP contribution < -0.4 is 5.32 Å². The zero-order valence-corrected chi connectivity index (χ0v) is 15.9. The molecule has 0 saturated carbocycles. The summed E-state index contributed by atoms with van der Waals surface area (Å²) in [7, 11) is 0. The van der Waals surface area contributed by atoms with Crippen molar-refractivity contribution in [3.8, 4) is 0 Å². The third-order valence-electron chi connectivity index (χ3n) is 4.64. The molecule has 0 spiro atoms. The fourth-order valence-corrected chi connectivity index (χ4v) is 3.86. The number of amides is 1. The van der Waals surface area contributed by atoms with Crippen molar-refractivity contribution >= 4 is 35.0 Å². The summed E-state index contributed by atoms with van der Waals surface area (Å²) in [6.07, 6.45) is 3.84. The molecule has 2 aromatic rings. The van der Waals surface area contributed by atoms with Crippen LogP contribution in [-0.2, 0) is 11.3 Å². The van der Waals surface area contributed by atoms with Crippen LogP contribution in [-0.4, -0.2) is 30.2 Å². The second-order valence-corrected chi connectivity index (χ2v) is 7.65. The van der Waals surface area contributed by atoms with Gasteiger partial charge in [0.05, 0.1) is 5.69 Å². The van der Waals surface area contributed by atoms with Gasteiger partial charge in [-0.15, -0.1) is 11.8 Å². The number of nitrogens with zero attached hydrogens (tertiary/aromatic N) is 1. The van der Waals surface area contributed by atoms with Crippen molar-refractivity contribution in [3.63, 3.8) is 0 Å². The number of thioether (sulfide) groups is 1. The highest BCUT2D eigenvalue weighted by Gasteiger charge is 2.25. The minimum absolute atomic E-state index is 0.0939. The van der Waals surface area contributed by atoms with E-state index in [2.05, 4.69) is 22.3 Å². The van der Waals surface area contributed by atoms with Crippen molar-refractivity contribution in [2.45, 2.75) is 24.3 Å². The van der Waals surface area contributed by atoms with E-state index in [0.29, 0.717) is 0 Å². The number of hydrogen-bond donors (Lipinski definition) is 1. The van der Waals surface area contributed by atoms with Gasteiger partial charge in [0.15, 0.2) is 0 Å². The van der Waals surface area contributed by atoms with Crippen molar-refractivity contribution in [1.82, 2.24) is 4.90 Å². The minimum Gasteiger partial charge on any atom is -0.325 e. The van der Waals surface area contributed by atoms with Crippen molar-refractivity contribution in [2.24, 2.45) is 5.92 Å². The van der Waals surface area contributed by atoms with Gasteiger partial charge in [-0.25, -0.2) is 0 Å². The molecule has 132 valence electrons. The van der Waals surface area contributed by atoms with E-state index in [1.54, 1.807) is 11.8 Å². The maximum absolute atomic E-state index is 12.6. The van der Waals surface area contributed by atoms with Gasteiger partial charge in [-0.2, -0.15) is 0 Å². The van der Waals surface area contributed by atoms with Crippen LogP contribution in [0.15, 0.2) is 53.4 Å². The Morgan fingerprint density at radius 2 is 1.84 bits per heavy atom. The normalized spacial score (nSPS) is 15.9. The first-order chi connectivity index (χ1) is 12.2. The highest BCUT2D eigenvalue weighted by molar-refractivity contribution is 7.98. The number of likely N-dealkylation sites (tertiary alicyclic amines) is 1. The van der Waals surface area contributed by atoms with Gasteiger partial charge >= 0.3 is 0 Å². The molecular formula is C20H23ClN2OS. The molecule has 1 aliphatic rings. The topological polar surface area (TPSA) is 32.3 Å². The molecule has 3 nitrogen and oxygen atoms in total. The lowest BCUT2D eigenvalue weighted by atomic mass is 9.95. The average molecular weight is 375 g/mol. The molecule has 3 rings (SSSR count). The molecule has 0 atom stereocenters. The number of halogens is 1. The quantitative estimate of drug-likeness (QED) is 0.754. The van der Waals surface area contributed by atoms with E-state index in [4.69, 9.17) is 11.6 Å². The summed E-state index contributed by atoms with van der Waals surface area (Å²) < 4.78 is 0. The Labute approximate surface area is 158 Å². The largest absolute Gasteiger partial charge is 0.325 e. The number of rotatable bonds is 5. The summed E-state index contributed by atoms with van der Waals surface area (Å²) in [6.45, 7) is 2.82. The fourth-order valence-electron chi connectivity index (χ4n) is 3.18. The van der Waals surface area contributed by atoms with Crippen LogP contribution in [0.5, 0.6) is 0 Å². The molecule has 1 fully saturated rings. The van der Waals surface area contributed by atoms with Gasteiger partial charge < -0.3 is 5.32 Å². The fraction of sp³-hybridized carbons (Fsp3) is 0.350. The van der Waals surface area contributed by atoms with Gasteiger partial charge in [-0.1, -0.05) is 35.9 Å². The molecule has 0 aromatic heterocycles. The van der Waals surface area contributed by atoms with Crippen LogP contribution >= 0.6 is 23.4 Å². The third kappa shape index (κ3) is 5.00. The number of hydrogen-bond acceptors (Lipinski definition) is 3. The summed E-state index contributed by atoms with van der Waals surface area (Å²) >= 11 is 7.59. The maximum atomic E-state index is 12.6.